The van der Waals surface area contributed by atoms with Gasteiger partial charge in [0.2, 0.25) is 5.79 Å². The molecular formula is C50H58ClN3O10. The number of fused-ring (bicyclic) bond motifs is 3. The minimum atomic E-state index is -1.46. The lowest BCUT2D eigenvalue weighted by Gasteiger charge is -2.59. The average molecular weight is 896 g/mol. The van der Waals surface area contributed by atoms with Crippen LogP contribution in [0.5, 0.6) is 17.2 Å². The van der Waals surface area contributed by atoms with Crippen LogP contribution in [0.1, 0.15) is 75.3 Å². The zero-order valence-corrected chi connectivity index (χ0v) is 37.1. The molecule has 2 aliphatic carbocycles. The molecule has 4 aromatic carbocycles. The fraction of sp³-hybridized carbons (Fsp3) is 0.440. The normalized spacial score (nSPS) is 22.7. The summed E-state index contributed by atoms with van der Waals surface area (Å²) in [7, 11) is 0. The second kappa shape index (κ2) is 21.9. The molecule has 2 N–H and O–H groups in total. The molecule has 6 atom stereocenters. The smallest absolute Gasteiger partial charge is 0.410 e. The molecule has 1 aliphatic heterocycles. The van der Waals surface area contributed by atoms with Crippen molar-refractivity contribution >= 4 is 39.9 Å². The highest BCUT2D eigenvalue weighted by molar-refractivity contribution is 6.18. The van der Waals surface area contributed by atoms with Crippen molar-refractivity contribution < 1.29 is 43.7 Å². The minimum absolute atomic E-state index is 0.00752. The Morgan fingerprint density at radius 3 is 2.45 bits per heavy atom. The lowest BCUT2D eigenvalue weighted by atomic mass is 9.55. The van der Waals surface area contributed by atoms with Gasteiger partial charge < -0.3 is 34.0 Å². The fourth-order valence-electron chi connectivity index (χ4n) is 9.80. The molecule has 0 spiro atoms. The molecule has 3 aliphatic rings. The second-order valence-corrected chi connectivity index (χ2v) is 17.0. The molecule has 13 nitrogen and oxygen atoms in total. The molecule has 1 saturated carbocycles. The number of nitro benzene ring substituents is 1. The minimum Gasteiger partial charge on any atom is -0.459 e. The van der Waals surface area contributed by atoms with Gasteiger partial charge in [-0.3, -0.25) is 15.0 Å². The molecule has 14 heteroatoms. The van der Waals surface area contributed by atoms with Gasteiger partial charge in [-0.1, -0.05) is 67.4 Å². The fourth-order valence-corrected chi connectivity index (χ4v) is 9.88. The standard InChI is InChI=1S/C50H58ClN3O10/c1-3-24-53(49(57)60-28-23-51)46-32-44(52-62-33-34-15-18-38(19-16-34)54(58)59)42-30-37(13-7-9-25-55)41(14-8-10-26-56)47-43-31-40(63-39-20-17-35-11-5-6-12-36(35)29-39)21-22-45(43)64-50(46,48(42)47)61-27-4-2/h4-6,11-12,15-22,29-31,37,41,46-48,55-56H,2-3,7-10,13-14,23-28,32-33H2,1H3/t37-,41+,46-,47+,48+,50+/m0/s1. The van der Waals surface area contributed by atoms with Gasteiger partial charge in [-0.2, -0.15) is 0 Å². The number of non-ortho nitro benzene ring substituents is 1. The molecule has 64 heavy (non-hydrogen) atoms. The third kappa shape index (κ3) is 10.2. The predicted octanol–water partition coefficient (Wildman–Crippen LogP) is 10.5. The summed E-state index contributed by atoms with van der Waals surface area (Å²) in [5, 5.41) is 38.3. The van der Waals surface area contributed by atoms with Crippen LogP contribution in [0, 0.1) is 27.9 Å². The first-order chi connectivity index (χ1) is 31.2. The number of carbonyl (C=O) groups excluding carboxylic acids is 1. The van der Waals surface area contributed by atoms with Crippen molar-refractivity contribution in [2.24, 2.45) is 22.9 Å². The highest BCUT2D eigenvalue weighted by Crippen LogP contribution is 2.62. The highest BCUT2D eigenvalue weighted by Gasteiger charge is 2.65. The summed E-state index contributed by atoms with van der Waals surface area (Å²) in [5.41, 5.74) is 3.08. The summed E-state index contributed by atoms with van der Waals surface area (Å²) in [6.07, 6.45) is 8.56. The van der Waals surface area contributed by atoms with Crippen molar-refractivity contribution in [3.8, 4) is 17.2 Å². The number of rotatable bonds is 22. The number of alkyl halides is 1. The van der Waals surface area contributed by atoms with Crippen molar-refractivity contribution in [1.29, 1.82) is 0 Å². The predicted molar refractivity (Wildman–Crippen MR) is 246 cm³/mol. The first-order valence-corrected chi connectivity index (χ1v) is 22.9. The van der Waals surface area contributed by atoms with Gasteiger partial charge in [-0.05, 0) is 108 Å². The Bertz CT molecular complexity index is 2300. The van der Waals surface area contributed by atoms with Crippen LogP contribution in [-0.4, -0.2) is 82.5 Å². The summed E-state index contributed by atoms with van der Waals surface area (Å²) >= 11 is 6.04. The molecule has 1 fully saturated rings. The summed E-state index contributed by atoms with van der Waals surface area (Å²) in [4.78, 5) is 32.9. The van der Waals surface area contributed by atoms with Crippen LogP contribution in [-0.2, 0) is 20.9 Å². The number of halogens is 1. The van der Waals surface area contributed by atoms with Gasteiger partial charge in [0.1, 0.15) is 36.5 Å². The molecule has 1 heterocycles. The Morgan fingerprint density at radius 1 is 1.00 bits per heavy atom. The monoisotopic (exact) mass is 895 g/mol. The molecule has 0 bridgehead atoms. The number of aliphatic hydroxyl groups is 2. The molecular weight excluding hydrogens is 838 g/mol. The van der Waals surface area contributed by atoms with E-state index < -0.39 is 28.8 Å². The Morgan fingerprint density at radius 2 is 1.73 bits per heavy atom. The van der Waals surface area contributed by atoms with E-state index in [4.69, 9.17) is 40.5 Å². The number of benzene rings is 4. The quantitative estimate of drug-likeness (QED) is 0.0255. The summed E-state index contributed by atoms with van der Waals surface area (Å²) in [6, 6.07) is 25.4. The Labute approximate surface area is 379 Å². The van der Waals surface area contributed by atoms with E-state index in [0.717, 1.165) is 47.6 Å². The van der Waals surface area contributed by atoms with Crippen molar-refractivity contribution in [2.45, 2.75) is 82.6 Å². The third-order valence-corrected chi connectivity index (χ3v) is 12.7. The van der Waals surface area contributed by atoms with Crippen LogP contribution in [0.3, 0.4) is 0 Å². The lowest BCUT2D eigenvalue weighted by Crippen LogP contribution is -2.70. The van der Waals surface area contributed by atoms with Gasteiger partial charge >= 0.3 is 6.09 Å². The Hall–Kier alpha value is -5.47. The number of aliphatic hydroxyl groups excluding tert-OH is 2. The first kappa shape index (κ1) is 46.5. The van der Waals surface area contributed by atoms with E-state index >= 15 is 0 Å². The van der Waals surface area contributed by atoms with Gasteiger partial charge in [-0.15, -0.1) is 18.2 Å². The van der Waals surface area contributed by atoms with Crippen molar-refractivity contribution in [3.63, 3.8) is 0 Å². The SMILES string of the molecule is C=CCO[C@@]12Oc3ccc(Oc4ccc5ccccc5c4)cc3[C@H]3[C@H](CCCCO)[C@@H](CCCCO)C=C(C(=NOCc4ccc([N+](=O)[O-])cc4)C[C@@H]1N(CCC)C(=O)OCCCl)[C@H]32. The number of nitro groups is 1. The summed E-state index contributed by atoms with van der Waals surface area (Å²) < 4.78 is 26.7. The van der Waals surface area contributed by atoms with Gasteiger partial charge in [0.05, 0.1) is 29.0 Å². The van der Waals surface area contributed by atoms with E-state index in [1.165, 1.54) is 12.1 Å². The zero-order valence-electron chi connectivity index (χ0n) is 36.3. The average Bonchev–Trinajstić information content (AvgIpc) is 3.31. The molecule has 0 saturated heterocycles. The van der Waals surface area contributed by atoms with Crippen molar-refractivity contribution in [2.75, 3.05) is 38.9 Å². The van der Waals surface area contributed by atoms with Gasteiger partial charge in [0.25, 0.3) is 5.69 Å². The number of hydrogen-bond donors (Lipinski definition) is 2. The molecule has 0 unspecified atom stereocenters. The second-order valence-electron chi connectivity index (χ2n) is 16.6. The van der Waals surface area contributed by atoms with Crippen LogP contribution >= 0.6 is 11.6 Å². The number of nitrogens with zero attached hydrogens (tertiary/aromatic N) is 3. The largest absolute Gasteiger partial charge is 0.459 e. The number of unbranched alkanes of at least 4 members (excludes halogenated alkanes) is 2. The number of amides is 1. The van der Waals surface area contributed by atoms with Gasteiger partial charge in [-0.25, -0.2) is 4.79 Å². The van der Waals surface area contributed by atoms with Crippen LogP contribution < -0.4 is 9.47 Å². The van der Waals surface area contributed by atoms with Crippen LogP contribution in [0.25, 0.3) is 10.8 Å². The Balaban J connectivity index is 1.41. The number of ether oxygens (including phenoxy) is 4. The van der Waals surface area contributed by atoms with Crippen molar-refractivity contribution in [3.05, 3.63) is 130 Å². The van der Waals surface area contributed by atoms with Gasteiger partial charge in [0.15, 0.2) is 0 Å². The molecule has 4 aromatic rings. The van der Waals surface area contributed by atoms with Crippen LogP contribution in [0.2, 0.25) is 0 Å². The molecule has 7 rings (SSSR count). The van der Waals surface area contributed by atoms with Gasteiger partial charge in [0, 0.05) is 49.8 Å². The zero-order chi connectivity index (χ0) is 45.1. The van der Waals surface area contributed by atoms with E-state index in [9.17, 15) is 25.1 Å². The summed E-state index contributed by atoms with van der Waals surface area (Å²) in [6.45, 7) is 6.62. The van der Waals surface area contributed by atoms with Crippen LogP contribution in [0.4, 0.5) is 10.5 Å². The highest BCUT2D eigenvalue weighted by atomic mass is 35.5. The lowest BCUT2D eigenvalue weighted by molar-refractivity contribution is -0.384. The maximum absolute atomic E-state index is 14.2. The number of allylic oxidation sites excluding steroid dienone is 1. The van der Waals surface area contributed by atoms with Crippen LogP contribution in [0.15, 0.2) is 114 Å². The maximum atomic E-state index is 14.2. The van der Waals surface area contributed by atoms with E-state index in [1.807, 2.05) is 49.4 Å². The van der Waals surface area contributed by atoms with E-state index in [-0.39, 0.29) is 68.8 Å². The molecule has 1 amide bonds. The maximum Gasteiger partial charge on any atom is 0.410 e. The first-order valence-electron chi connectivity index (χ1n) is 22.3. The molecule has 340 valence electrons. The molecule has 0 radical (unpaired) electrons. The number of oxime groups is 1. The summed E-state index contributed by atoms with van der Waals surface area (Å²) in [5.74, 6) is -0.201. The van der Waals surface area contributed by atoms with Crippen molar-refractivity contribution in [1.82, 2.24) is 4.90 Å². The number of hydrogen-bond acceptors (Lipinski definition) is 11. The molecule has 0 aromatic heterocycles. The number of carbonyl (C=O) groups is 1. The topological polar surface area (TPSA) is 162 Å². The Kier molecular flexibility index (Phi) is 16.0. The third-order valence-electron chi connectivity index (χ3n) is 12.5. The van der Waals surface area contributed by atoms with E-state index in [0.29, 0.717) is 54.3 Å². The van der Waals surface area contributed by atoms with E-state index in [2.05, 4.69) is 30.9 Å². The van der Waals surface area contributed by atoms with E-state index in [1.54, 1.807) is 23.1 Å².